The van der Waals surface area contributed by atoms with E-state index in [1.165, 1.54) is 24.8 Å². The summed E-state index contributed by atoms with van der Waals surface area (Å²) in [4.78, 5) is 0. The van der Waals surface area contributed by atoms with E-state index in [1.807, 2.05) is 0 Å². The molecule has 2 rings (SSSR count). The average molecular weight is 204 g/mol. The molecule has 0 radical (unpaired) electrons. The van der Waals surface area contributed by atoms with Crippen molar-refractivity contribution in [3.8, 4) is 0 Å². The number of hydrogen-bond donors (Lipinski definition) is 1. The molecule has 0 saturated heterocycles. The molecule has 15 heavy (non-hydrogen) atoms. The molecule has 0 spiro atoms. The topological polar surface area (TPSA) is 20.2 Å². The molecule has 1 N–H and O–H groups in total. The largest absolute Gasteiger partial charge is 0.393 e. The van der Waals surface area contributed by atoms with Crippen LogP contribution in [0.15, 0.2) is 30.3 Å². The van der Waals surface area contributed by atoms with Crippen molar-refractivity contribution in [1.29, 1.82) is 0 Å². The van der Waals surface area contributed by atoms with Gasteiger partial charge in [-0.25, -0.2) is 0 Å². The Hall–Kier alpha value is -0.820. The van der Waals surface area contributed by atoms with Gasteiger partial charge in [-0.1, -0.05) is 43.2 Å². The summed E-state index contributed by atoms with van der Waals surface area (Å²) in [5.74, 6) is 0.744. The number of aryl methyl sites for hydroxylation is 1. The van der Waals surface area contributed by atoms with Gasteiger partial charge in [-0.2, -0.15) is 0 Å². The van der Waals surface area contributed by atoms with Crippen molar-refractivity contribution in [2.45, 2.75) is 44.6 Å². The number of hydrogen-bond acceptors (Lipinski definition) is 1. The molecule has 1 fully saturated rings. The zero-order chi connectivity index (χ0) is 10.5. The van der Waals surface area contributed by atoms with Crippen molar-refractivity contribution in [2.75, 3.05) is 0 Å². The van der Waals surface area contributed by atoms with E-state index < -0.39 is 0 Å². The molecule has 0 unspecified atom stereocenters. The first-order chi connectivity index (χ1) is 7.34. The molecule has 0 aromatic heterocycles. The van der Waals surface area contributed by atoms with Crippen molar-refractivity contribution >= 4 is 0 Å². The summed E-state index contributed by atoms with van der Waals surface area (Å²) < 4.78 is 0. The van der Waals surface area contributed by atoms with Gasteiger partial charge in [-0.15, -0.1) is 0 Å². The third-order valence-electron chi connectivity index (χ3n) is 3.44. The van der Waals surface area contributed by atoms with E-state index in [1.54, 1.807) is 0 Å². The minimum Gasteiger partial charge on any atom is -0.393 e. The lowest BCUT2D eigenvalue weighted by Crippen LogP contribution is -2.19. The highest BCUT2D eigenvalue weighted by molar-refractivity contribution is 5.14. The van der Waals surface area contributed by atoms with Gasteiger partial charge in [-0.05, 0) is 37.2 Å². The van der Waals surface area contributed by atoms with Crippen LogP contribution in [-0.2, 0) is 6.42 Å². The maximum absolute atomic E-state index is 9.58. The van der Waals surface area contributed by atoms with E-state index in [4.69, 9.17) is 0 Å². The quantitative estimate of drug-likeness (QED) is 0.801. The second-order valence-electron chi connectivity index (χ2n) is 4.71. The van der Waals surface area contributed by atoms with Gasteiger partial charge >= 0.3 is 0 Å². The normalized spacial score (nSPS) is 26.5. The van der Waals surface area contributed by atoms with E-state index in [0.717, 1.165) is 25.2 Å². The molecule has 0 aliphatic heterocycles. The van der Waals surface area contributed by atoms with Crippen LogP contribution >= 0.6 is 0 Å². The average Bonchev–Trinajstić information content (AvgIpc) is 2.28. The van der Waals surface area contributed by atoms with Gasteiger partial charge in [0.1, 0.15) is 0 Å². The Balaban J connectivity index is 1.78. The minimum atomic E-state index is -0.0282. The summed E-state index contributed by atoms with van der Waals surface area (Å²) in [6.45, 7) is 0. The van der Waals surface area contributed by atoms with Crippen LogP contribution in [0.1, 0.15) is 37.7 Å². The summed E-state index contributed by atoms with van der Waals surface area (Å²) in [6.07, 6.45) is 6.93. The first-order valence-corrected chi connectivity index (χ1v) is 6.06. The van der Waals surface area contributed by atoms with Gasteiger partial charge in [0.25, 0.3) is 0 Å². The molecule has 1 saturated carbocycles. The van der Waals surface area contributed by atoms with Gasteiger partial charge in [0, 0.05) is 0 Å². The van der Waals surface area contributed by atoms with E-state index in [9.17, 15) is 5.11 Å². The first-order valence-electron chi connectivity index (χ1n) is 6.06. The maximum atomic E-state index is 9.58. The maximum Gasteiger partial charge on any atom is 0.0542 e. The molecular weight excluding hydrogens is 184 g/mol. The molecule has 0 amide bonds. The Morgan fingerprint density at radius 2 is 1.93 bits per heavy atom. The van der Waals surface area contributed by atoms with E-state index in [2.05, 4.69) is 30.3 Å². The SMILES string of the molecule is O[C@H]1CCC[C@H](CCc2ccccc2)C1. The Bertz CT molecular complexity index is 281. The zero-order valence-corrected chi connectivity index (χ0v) is 9.23. The highest BCUT2D eigenvalue weighted by Gasteiger charge is 2.19. The molecule has 82 valence electrons. The van der Waals surface area contributed by atoms with Crippen molar-refractivity contribution in [1.82, 2.24) is 0 Å². The van der Waals surface area contributed by atoms with Crippen LogP contribution in [0.25, 0.3) is 0 Å². The third-order valence-corrected chi connectivity index (χ3v) is 3.44. The number of aliphatic hydroxyl groups is 1. The van der Waals surface area contributed by atoms with Gasteiger partial charge in [-0.3, -0.25) is 0 Å². The van der Waals surface area contributed by atoms with Crippen molar-refractivity contribution < 1.29 is 5.11 Å². The van der Waals surface area contributed by atoms with Crippen molar-refractivity contribution in [3.05, 3.63) is 35.9 Å². The van der Waals surface area contributed by atoms with Crippen LogP contribution < -0.4 is 0 Å². The van der Waals surface area contributed by atoms with Crippen molar-refractivity contribution in [3.63, 3.8) is 0 Å². The van der Waals surface area contributed by atoms with Crippen LogP contribution in [0.4, 0.5) is 0 Å². The van der Waals surface area contributed by atoms with Crippen molar-refractivity contribution in [2.24, 2.45) is 5.92 Å². The van der Waals surface area contributed by atoms with Crippen LogP contribution in [-0.4, -0.2) is 11.2 Å². The molecule has 1 aromatic carbocycles. The minimum absolute atomic E-state index is 0.0282. The zero-order valence-electron chi connectivity index (χ0n) is 9.23. The fourth-order valence-electron chi connectivity index (χ4n) is 2.54. The molecule has 1 aliphatic carbocycles. The fraction of sp³-hybridized carbons (Fsp3) is 0.571. The summed E-state index contributed by atoms with van der Waals surface area (Å²) in [6, 6.07) is 10.7. The molecule has 0 heterocycles. The number of benzene rings is 1. The Morgan fingerprint density at radius 3 is 2.67 bits per heavy atom. The molecular formula is C14H20O. The second-order valence-corrected chi connectivity index (χ2v) is 4.71. The van der Waals surface area contributed by atoms with Gasteiger partial charge < -0.3 is 5.11 Å². The first kappa shape index (κ1) is 10.7. The highest BCUT2D eigenvalue weighted by atomic mass is 16.3. The monoisotopic (exact) mass is 204 g/mol. The summed E-state index contributed by atoms with van der Waals surface area (Å²) in [5.41, 5.74) is 1.43. The van der Waals surface area contributed by atoms with E-state index >= 15 is 0 Å². The van der Waals surface area contributed by atoms with Crippen LogP contribution in [0.3, 0.4) is 0 Å². The van der Waals surface area contributed by atoms with E-state index in [-0.39, 0.29) is 6.10 Å². The molecule has 0 bridgehead atoms. The smallest absolute Gasteiger partial charge is 0.0542 e. The molecule has 1 aromatic rings. The summed E-state index contributed by atoms with van der Waals surface area (Å²) in [5, 5.41) is 9.58. The standard InChI is InChI=1S/C14H20O/c15-14-8-4-7-13(11-14)10-9-12-5-2-1-3-6-12/h1-3,5-6,13-15H,4,7-11H2/t13-,14+/m1/s1. The lowest BCUT2D eigenvalue weighted by Gasteiger charge is -2.25. The Labute approximate surface area is 92.1 Å². The predicted octanol–water partition coefficient (Wildman–Crippen LogP) is 3.17. The Morgan fingerprint density at radius 1 is 1.13 bits per heavy atom. The lowest BCUT2D eigenvalue weighted by atomic mass is 9.84. The predicted molar refractivity (Wildman–Crippen MR) is 62.7 cm³/mol. The van der Waals surface area contributed by atoms with Crippen LogP contribution in [0, 0.1) is 5.92 Å². The second kappa shape index (κ2) is 5.32. The highest BCUT2D eigenvalue weighted by Crippen LogP contribution is 2.27. The van der Waals surface area contributed by atoms with Crippen LogP contribution in [0.5, 0.6) is 0 Å². The molecule has 1 aliphatic rings. The van der Waals surface area contributed by atoms with Gasteiger partial charge in [0.2, 0.25) is 0 Å². The van der Waals surface area contributed by atoms with Crippen LogP contribution in [0.2, 0.25) is 0 Å². The Kier molecular flexibility index (Phi) is 3.79. The lowest BCUT2D eigenvalue weighted by molar-refractivity contribution is 0.0984. The molecule has 2 atom stereocenters. The van der Waals surface area contributed by atoms with Gasteiger partial charge in [0.05, 0.1) is 6.10 Å². The van der Waals surface area contributed by atoms with Gasteiger partial charge in [0.15, 0.2) is 0 Å². The third kappa shape index (κ3) is 3.35. The molecule has 1 nitrogen and oxygen atoms in total. The van der Waals surface area contributed by atoms with E-state index in [0.29, 0.717) is 0 Å². The number of aliphatic hydroxyl groups excluding tert-OH is 1. The molecule has 1 heteroatoms. The summed E-state index contributed by atoms with van der Waals surface area (Å²) in [7, 11) is 0. The number of rotatable bonds is 3. The summed E-state index contributed by atoms with van der Waals surface area (Å²) >= 11 is 0. The fourth-order valence-corrected chi connectivity index (χ4v) is 2.54.